The average Bonchev–Trinajstić information content (AvgIpc) is 3.07. The summed E-state index contributed by atoms with van der Waals surface area (Å²) >= 11 is 1.49. The van der Waals surface area contributed by atoms with Crippen LogP contribution in [0, 0.1) is 13.8 Å². The Hall–Kier alpha value is -2.54. The number of nitrogens with zero attached hydrogens (tertiary/aromatic N) is 3. The SMILES string of the molecule is Cc1nnc(-c2cc(NC(=O)c3ccncc3)c(C)s2)o1. The molecule has 106 valence electrons. The summed E-state index contributed by atoms with van der Waals surface area (Å²) in [6.07, 6.45) is 3.17. The Bertz CT molecular complexity index is 779. The molecule has 3 heterocycles. The molecule has 21 heavy (non-hydrogen) atoms. The van der Waals surface area contributed by atoms with Crippen LogP contribution in [0.25, 0.3) is 10.8 Å². The molecule has 0 saturated heterocycles. The maximum atomic E-state index is 12.1. The molecule has 0 aliphatic carbocycles. The van der Waals surface area contributed by atoms with Gasteiger partial charge in [-0.25, -0.2) is 0 Å². The first-order valence-electron chi connectivity index (χ1n) is 6.26. The third-order valence-electron chi connectivity index (χ3n) is 2.85. The van der Waals surface area contributed by atoms with E-state index in [2.05, 4.69) is 20.5 Å². The van der Waals surface area contributed by atoms with Crippen LogP contribution in [-0.2, 0) is 0 Å². The van der Waals surface area contributed by atoms with Crippen LogP contribution in [0.15, 0.2) is 35.0 Å². The number of hydrogen-bond donors (Lipinski definition) is 1. The lowest BCUT2D eigenvalue weighted by Gasteiger charge is -2.03. The van der Waals surface area contributed by atoms with Gasteiger partial charge in [0.15, 0.2) is 0 Å². The van der Waals surface area contributed by atoms with Crippen molar-refractivity contribution in [3.63, 3.8) is 0 Å². The van der Waals surface area contributed by atoms with Gasteiger partial charge in [-0.05, 0) is 25.1 Å². The van der Waals surface area contributed by atoms with Crippen molar-refractivity contribution < 1.29 is 9.21 Å². The smallest absolute Gasteiger partial charge is 0.257 e. The van der Waals surface area contributed by atoms with Crippen molar-refractivity contribution in [1.29, 1.82) is 0 Å². The van der Waals surface area contributed by atoms with E-state index in [0.29, 0.717) is 17.3 Å². The Kier molecular flexibility index (Phi) is 3.49. The van der Waals surface area contributed by atoms with E-state index in [-0.39, 0.29) is 5.91 Å². The predicted molar refractivity (Wildman–Crippen MR) is 79.3 cm³/mol. The number of rotatable bonds is 3. The molecule has 0 saturated carbocycles. The van der Waals surface area contributed by atoms with Crippen molar-refractivity contribution in [2.24, 2.45) is 0 Å². The van der Waals surface area contributed by atoms with Crippen LogP contribution in [0.2, 0.25) is 0 Å². The van der Waals surface area contributed by atoms with Crippen molar-refractivity contribution in [2.45, 2.75) is 13.8 Å². The Morgan fingerprint density at radius 1 is 1.24 bits per heavy atom. The van der Waals surface area contributed by atoms with Gasteiger partial charge in [0.05, 0.1) is 10.6 Å². The molecule has 1 N–H and O–H groups in total. The summed E-state index contributed by atoms with van der Waals surface area (Å²) in [5.74, 6) is 0.801. The zero-order valence-corrected chi connectivity index (χ0v) is 12.3. The van der Waals surface area contributed by atoms with Crippen LogP contribution >= 0.6 is 11.3 Å². The van der Waals surface area contributed by atoms with Crippen molar-refractivity contribution in [3.8, 4) is 10.8 Å². The molecule has 3 aromatic rings. The van der Waals surface area contributed by atoms with Crippen LogP contribution in [0.1, 0.15) is 21.1 Å². The quantitative estimate of drug-likeness (QED) is 0.804. The van der Waals surface area contributed by atoms with E-state index in [1.165, 1.54) is 11.3 Å². The number of anilines is 1. The fraction of sp³-hybridized carbons (Fsp3) is 0.143. The molecule has 0 bridgehead atoms. The van der Waals surface area contributed by atoms with E-state index in [1.807, 2.05) is 13.0 Å². The number of aromatic nitrogens is 3. The Balaban J connectivity index is 1.84. The third-order valence-corrected chi connectivity index (χ3v) is 3.88. The highest BCUT2D eigenvalue weighted by Crippen LogP contribution is 2.33. The normalized spacial score (nSPS) is 10.6. The lowest BCUT2D eigenvalue weighted by Crippen LogP contribution is -2.11. The van der Waals surface area contributed by atoms with Crippen LogP contribution in [0.3, 0.4) is 0 Å². The zero-order valence-electron chi connectivity index (χ0n) is 11.5. The highest BCUT2D eigenvalue weighted by Gasteiger charge is 2.14. The van der Waals surface area contributed by atoms with E-state index < -0.39 is 0 Å². The third kappa shape index (κ3) is 2.82. The minimum absolute atomic E-state index is 0.174. The molecule has 0 aromatic carbocycles. The molecule has 1 amide bonds. The van der Waals surface area contributed by atoms with E-state index in [4.69, 9.17) is 4.42 Å². The van der Waals surface area contributed by atoms with Crippen molar-refractivity contribution >= 4 is 22.9 Å². The molecule has 6 nitrogen and oxygen atoms in total. The monoisotopic (exact) mass is 300 g/mol. The van der Waals surface area contributed by atoms with Gasteiger partial charge in [0.25, 0.3) is 11.8 Å². The van der Waals surface area contributed by atoms with Gasteiger partial charge in [-0.2, -0.15) is 0 Å². The fourth-order valence-electron chi connectivity index (χ4n) is 1.81. The molecular weight excluding hydrogens is 288 g/mol. The van der Waals surface area contributed by atoms with Gasteiger partial charge >= 0.3 is 0 Å². The molecule has 0 unspecified atom stereocenters. The van der Waals surface area contributed by atoms with Crippen LogP contribution in [0.5, 0.6) is 0 Å². The maximum absolute atomic E-state index is 12.1. The van der Waals surface area contributed by atoms with Gasteiger partial charge in [0.2, 0.25) is 5.89 Å². The second kappa shape index (κ2) is 5.45. The largest absolute Gasteiger partial charge is 0.420 e. The van der Waals surface area contributed by atoms with Crippen molar-refractivity contribution in [1.82, 2.24) is 15.2 Å². The zero-order chi connectivity index (χ0) is 14.8. The highest BCUT2D eigenvalue weighted by atomic mass is 32.1. The van der Waals surface area contributed by atoms with E-state index in [1.54, 1.807) is 31.5 Å². The average molecular weight is 300 g/mol. The fourth-order valence-corrected chi connectivity index (χ4v) is 2.70. The second-order valence-electron chi connectivity index (χ2n) is 4.40. The number of nitrogens with one attached hydrogen (secondary N) is 1. The summed E-state index contributed by atoms with van der Waals surface area (Å²) in [6.45, 7) is 3.67. The van der Waals surface area contributed by atoms with Gasteiger partial charge in [-0.15, -0.1) is 21.5 Å². The lowest BCUT2D eigenvalue weighted by atomic mass is 10.2. The minimum atomic E-state index is -0.174. The first-order chi connectivity index (χ1) is 10.1. The summed E-state index contributed by atoms with van der Waals surface area (Å²) in [5, 5.41) is 10.7. The first-order valence-corrected chi connectivity index (χ1v) is 7.07. The summed E-state index contributed by atoms with van der Waals surface area (Å²) in [4.78, 5) is 17.8. The number of carbonyl (C=O) groups excluding carboxylic acids is 1. The minimum Gasteiger partial charge on any atom is -0.420 e. The van der Waals surface area contributed by atoms with E-state index >= 15 is 0 Å². The van der Waals surface area contributed by atoms with Crippen LogP contribution < -0.4 is 5.32 Å². The number of aryl methyl sites for hydroxylation is 2. The number of hydrogen-bond acceptors (Lipinski definition) is 6. The molecule has 0 aliphatic rings. The highest BCUT2D eigenvalue weighted by molar-refractivity contribution is 7.15. The maximum Gasteiger partial charge on any atom is 0.257 e. The molecule has 0 aliphatic heterocycles. The van der Waals surface area contributed by atoms with Crippen LogP contribution in [0.4, 0.5) is 5.69 Å². The molecular formula is C14H12N4O2S. The van der Waals surface area contributed by atoms with E-state index in [9.17, 15) is 4.79 Å². The summed E-state index contributed by atoms with van der Waals surface area (Å²) in [6, 6.07) is 5.17. The summed E-state index contributed by atoms with van der Waals surface area (Å²) in [7, 11) is 0. The predicted octanol–water partition coefficient (Wildman–Crippen LogP) is 3.06. The standard InChI is InChI=1S/C14H12N4O2S/c1-8-11(16-13(19)10-3-5-15-6-4-10)7-12(21-8)14-18-17-9(2)20-14/h3-7H,1-2H3,(H,16,19). The van der Waals surface area contributed by atoms with Gasteiger partial charge in [0, 0.05) is 29.8 Å². The van der Waals surface area contributed by atoms with Gasteiger partial charge in [0.1, 0.15) is 0 Å². The molecule has 3 aromatic heterocycles. The second-order valence-corrected chi connectivity index (χ2v) is 5.65. The number of carbonyl (C=O) groups is 1. The van der Waals surface area contributed by atoms with Gasteiger partial charge < -0.3 is 9.73 Å². The Morgan fingerprint density at radius 3 is 2.67 bits per heavy atom. The number of thiophene rings is 1. The molecule has 0 spiro atoms. The molecule has 3 rings (SSSR count). The topological polar surface area (TPSA) is 80.9 Å². The summed E-state index contributed by atoms with van der Waals surface area (Å²) in [5.41, 5.74) is 1.30. The van der Waals surface area contributed by atoms with Crippen molar-refractivity contribution in [3.05, 3.63) is 46.9 Å². The lowest BCUT2D eigenvalue weighted by molar-refractivity contribution is 0.102. The Labute approximate surface area is 124 Å². The van der Waals surface area contributed by atoms with E-state index in [0.717, 1.165) is 15.4 Å². The molecule has 0 fully saturated rings. The molecule has 0 radical (unpaired) electrons. The number of pyridine rings is 1. The number of amides is 1. The van der Waals surface area contributed by atoms with Gasteiger partial charge in [-0.1, -0.05) is 0 Å². The summed E-state index contributed by atoms with van der Waals surface area (Å²) < 4.78 is 5.39. The first kappa shape index (κ1) is 13.4. The molecule has 0 atom stereocenters. The molecule has 7 heteroatoms. The van der Waals surface area contributed by atoms with Crippen LogP contribution in [-0.4, -0.2) is 21.1 Å². The van der Waals surface area contributed by atoms with Gasteiger partial charge in [-0.3, -0.25) is 9.78 Å². The Morgan fingerprint density at radius 2 is 2.00 bits per heavy atom. The van der Waals surface area contributed by atoms with Crippen molar-refractivity contribution in [2.75, 3.05) is 5.32 Å².